The van der Waals surface area contributed by atoms with Crippen LogP contribution in [0.2, 0.25) is 0 Å². The van der Waals surface area contributed by atoms with Gasteiger partial charge < -0.3 is 5.21 Å². The van der Waals surface area contributed by atoms with Crippen LogP contribution in [0.5, 0.6) is 0 Å². The van der Waals surface area contributed by atoms with E-state index in [1.165, 1.54) is 6.33 Å². The second-order valence-corrected chi connectivity index (χ2v) is 3.64. The Kier molecular flexibility index (Phi) is 2.45. The minimum absolute atomic E-state index is 0.584. The first-order valence-corrected chi connectivity index (χ1v) is 4.86. The zero-order chi connectivity index (χ0) is 9.97. The van der Waals surface area contributed by atoms with Gasteiger partial charge in [0.25, 0.3) is 6.33 Å². The van der Waals surface area contributed by atoms with E-state index in [4.69, 9.17) is 0 Å². The average Bonchev–Trinajstić information content (AvgIpc) is 2.19. The van der Waals surface area contributed by atoms with E-state index in [1.54, 1.807) is 6.20 Å². The zero-order valence-electron chi connectivity index (χ0n) is 7.22. The van der Waals surface area contributed by atoms with Gasteiger partial charge in [-0.2, -0.15) is 0 Å². The molecule has 0 N–H and O–H groups in total. The topological polar surface area (TPSA) is 39.8 Å². The minimum Gasteiger partial charge on any atom is -0.710 e. The number of nitrogens with zero attached hydrogens (tertiary/aromatic N) is 2. The number of benzene rings is 1. The largest absolute Gasteiger partial charge is 0.710 e. The Morgan fingerprint density at radius 3 is 2.57 bits per heavy atom. The van der Waals surface area contributed by atoms with Crippen LogP contribution in [-0.4, -0.2) is 4.98 Å². The Hall–Kier alpha value is -1.42. The molecule has 3 nitrogen and oxygen atoms in total. The molecule has 0 bridgehead atoms. The van der Waals surface area contributed by atoms with Crippen molar-refractivity contribution in [1.29, 1.82) is 0 Å². The Morgan fingerprint density at radius 1 is 1.21 bits per heavy atom. The van der Waals surface area contributed by atoms with E-state index in [1.807, 2.05) is 30.3 Å². The molecule has 0 saturated heterocycles. The van der Waals surface area contributed by atoms with Gasteiger partial charge in [-0.25, -0.2) is 4.73 Å². The van der Waals surface area contributed by atoms with Gasteiger partial charge in [0.1, 0.15) is 4.47 Å². The number of aromatic nitrogens is 2. The summed E-state index contributed by atoms with van der Waals surface area (Å²) in [7, 11) is 0. The molecular weight excluding hydrogens is 244 g/mol. The number of halogens is 1. The molecular formula is C10H7BrN2O. The molecule has 2 rings (SSSR count). The van der Waals surface area contributed by atoms with Gasteiger partial charge in [-0.15, -0.1) is 0 Å². The first kappa shape index (κ1) is 9.15. The average molecular weight is 251 g/mol. The fourth-order valence-corrected chi connectivity index (χ4v) is 1.77. The summed E-state index contributed by atoms with van der Waals surface area (Å²) in [5.74, 6) is 0. The molecule has 0 saturated carbocycles. The summed E-state index contributed by atoms with van der Waals surface area (Å²) in [6.07, 6.45) is 2.85. The molecule has 70 valence electrons. The highest BCUT2D eigenvalue weighted by Gasteiger charge is 2.09. The molecule has 1 aromatic heterocycles. The summed E-state index contributed by atoms with van der Waals surface area (Å²) in [6.45, 7) is 0. The van der Waals surface area contributed by atoms with Crippen molar-refractivity contribution in [3.8, 4) is 11.3 Å². The fourth-order valence-electron chi connectivity index (χ4n) is 1.24. The molecule has 0 spiro atoms. The highest BCUT2D eigenvalue weighted by Crippen LogP contribution is 2.22. The molecule has 0 radical (unpaired) electrons. The third-order valence-corrected chi connectivity index (χ3v) is 2.43. The standard InChI is InChI=1S/C10H7BrN2O/c11-9-6-12-7-13(14)10(9)8-4-2-1-3-5-8/h1-7H. The second kappa shape index (κ2) is 3.75. The minimum atomic E-state index is 0.584. The summed E-state index contributed by atoms with van der Waals surface area (Å²) in [5, 5.41) is 11.5. The van der Waals surface area contributed by atoms with Crippen LogP contribution in [0, 0.1) is 5.21 Å². The van der Waals surface area contributed by atoms with E-state index in [2.05, 4.69) is 20.9 Å². The predicted octanol–water partition coefficient (Wildman–Crippen LogP) is 2.14. The van der Waals surface area contributed by atoms with Crippen molar-refractivity contribution in [3.63, 3.8) is 0 Å². The SMILES string of the molecule is [O-][n+]1cncc(Br)c1-c1ccccc1. The number of hydrogen-bond donors (Lipinski definition) is 0. The van der Waals surface area contributed by atoms with Crippen LogP contribution in [0.15, 0.2) is 47.3 Å². The number of hydrogen-bond acceptors (Lipinski definition) is 2. The lowest BCUT2D eigenvalue weighted by Crippen LogP contribution is -2.29. The molecule has 0 aliphatic carbocycles. The fraction of sp³-hybridized carbons (Fsp3) is 0. The molecule has 0 aliphatic rings. The van der Waals surface area contributed by atoms with E-state index < -0.39 is 0 Å². The maximum absolute atomic E-state index is 11.5. The van der Waals surface area contributed by atoms with Gasteiger partial charge in [0.2, 0.25) is 0 Å². The van der Waals surface area contributed by atoms with E-state index in [0.717, 1.165) is 10.3 Å². The maximum atomic E-state index is 11.5. The van der Waals surface area contributed by atoms with Crippen LogP contribution in [0.1, 0.15) is 0 Å². The lowest BCUT2D eigenvalue weighted by atomic mass is 10.1. The van der Waals surface area contributed by atoms with E-state index in [9.17, 15) is 5.21 Å². The van der Waals surface area contributed by atoms with Gasteiger partial charge in [-0.1, -0.05) is 35.3 Å². The summed E-state index contributed by atoms with van der Waals surface area (Å²) < 4.78 is 1.44. The normalized spacial score (nSPS) is 10.1. The van der Waals surface area contributed by atoms with Crippen molar-refractivity contribution in [2.24, 2.45) is 0 Å². The lowest BCUT2D eigenvalue weighted by Gasteiger charge is -2.08. The molecule has 4 heteroatoms. The summed E-state index contributed by atoms with van der Waals surface area (Å²) in [4.78, 5) is 3.77. The molecule has 14 heavy (non-hydrogen) atoms. The summed E-state index contributed by atoms with van der Waals surface area (Å²) in [6, 6.07) is 9.46. The molecule has 0 aliphatic heterocycles. The first-order valence-electron chi connectivity index (χ1n) is 4.07. The third kappa shape index (κ3) is 1.61. The lowest BCUT2D eigenvalue weighted by molar-refractivity contribution is -0.597. The predicted molar refractivity (Wildman–Crippen MR) is 56.3 cm³/mol. The van der Waals surface area contributed by atoms with Crippen LogP contribution in [0.4, 0.5) is 0 Å². The van der Waals surface area contributed by atoms with Crippen molar-refractivity contribution in [2.75, 3.05) is 0 Å². The van der Waals surface area contributed by atoms with Crippen molar-refractivity contribution < 1.29 is 4.73 Å². The molecule has 0 fully saturated rings. The van der Waals surface area contributed by atoms with Crippen LogP contribution in [0.25, 0.3) is 11.3 Å². The Bertz CT molecular complexity index is 425. The first-order chi connectivity index (χ1) is 6.79. The monoisotopic (exact) mass is 250 g/mol. The van der Waals surface area contributed by atoms with E-state index in [-0.39, 0.29) is 0 Å². The molecule has 0 amide bonds. The van der Waals surface area contributed by atoms with Crippen molar-refractivity contribution >= 4 is 15.9 Å². The van der Waals surface area contributed by atoms with Gasteiger partial charge in [0.15, 0.2) is 11.9 Å². The molecule has 0 unspecified atom stereocenters. The molecule has 1 heterocycles. The molecule has 1 aromatic carbocycles. The van der Waals surface area contributed by atoms with Gasteiger partial charge in [0.05, 0.1) is 0 Å². The third-order valence-electron chi connectivity index (χ3n) is 1.85. The van der Waals surface area contributed by atoms with Crippen molar-refractivity contribution in [2.45, 2.75) is 0 Å². The van der Waals surface area contributed by atoms with Crippen LogP contribution in [-0.2, 0) is 0 Å². The van der Waals surface area contributed by atoms with Crippen LogP contribution >= 0.6 is 15.9 Å². The van der Waals surface area contributed by atoms with Gasteiger partial charge >= 0.3 is 0 Å². The van der Waals surface area contributed by atoms with Crippen LogP contribution < -0.4 is 4.73 Å². The number of rotatable bonds is 1. The van der Waals surface area contributed by atoms with Crippen LogP contribution in [0.3, 0.4) is 0 Å². The Balaban J connectivity index is 2.63. The summed E-state index contributed by atoms with van der Waals surface area (Å²) in [5.41, 5.74) is 1.46. The van der Waals surface area contributed by atoms with Gasteiger partial charge in [-0.3, -0.25) is 0 Å². The quantitative estimate of drug-likeness (QED) is 0.575. The van der Waals surface area contributed by atoms with Crippen molar-refractivity contribution in [1.82, 2.24) is 4.98 Å². The van der Waals surface area contributed by atoms with E-state index in [0.29, 0.717) is 10.2 Å². The highest BCUT2D eigenvalue weighted by molar-refractivity contribution is 9.10. The van der Waals surface area contributed by atoms with Crippen molar-refractivity contribution in [3.05, 3.63) is 52.5 Å². The van der Waals surface area contributed by atoms with Gasteiger partial charge in [0, 0.05) is 5.56 Å². The maximum Gasteiger partial charge on any atom is 0.289 e. The highest BCUT2D eigenvalue weighted by atomic mass is 79.9. The Labute approximate surface area is 89.8 Å². The smallest absolute Gasteiger partial charge is 0.289 e. The van der Waals surface area contributed by atoms with E-state index >= 15 is 0 Å². The zero-order valence-corrected chi connectivity index (χ0v) is 8.81. The Morgan fingerprint density at radius 2 is 1.93 bits per heavy atom. The van der Waals surface area contributed by atoms with Gasteiger partial charge in [-0.05, 0) is 15.9 Å². The molecule has 0 atom stereocenters. The second-order valence-electron chi connectivity index (χ2n) is 2.78. The molecule has 2 aromatic rings. The summed E-state index contributed by atoms with van der Waals surface area (Å²) >= 11 is 3.30.